The fraction of sp³-hybridized carbons (Fsp3) is 0.0526. The average Bonchev–Trinajstić information content (AvgIpc) is 3.20. The number of ketones is 1. The van der Waals surface area contributed by atoms with Crippen molar-refractivity contribution >= 4 is 16.8 Å². The van der Waals surface area contributed by atoms with E-state index in [0.717, 1.165) is 22.6 Å². The molecule has 5 nitrogen and oxygen atoms in total. The lowest BCUT2D eigenvalue weighted by atomic mass is 10.0. The van der Waals surface area contributed by atoms with Gasteiger partial charge in [-0.2, -0.15) is 0 Å². The van der Waals surface area contributed by atoms with Gasteiger partial charge in [-0.25, -0.2) is 4.98 Å². The van der Waals surface area contributed by atoms with Crippen LogP contribution in [0.5, 0.6) is 5.75 Å². The Morgan fingerprint density at radius 3 is 2.67 bits per heavy atom. The summed E-state index contributed by atoms with van der Waals surface area (Å²) in [5.74, 6) is 0.509. The number of hydrogen-bond acceptors (Lipinski definition) is 3. The fourth-order valence-corrected chi connectivity index (χ4v) is 2.86. The minimum Gasteiger partial charge on any atom is -0.507 e. The molecule has 0 radical (unpaired) electrons. The standard InChI is InChI=1S/C19H15N3O2/c1-22-16-8-4-3-7-14(16)21-19(22)15-10-12(11-20-15)18(24)13-6-2-5-9-17(13)23/h2-11,20,23H,1H3. The molecule has 5 heteroatoms. The predicted molar refractivity (Wildman–Crippen MR) is 92.0 cm³/mol. The SMILES string of the molecule is Cn1c(-c2cc(C(=O)c3ccccc3O)c[nH]2)nc2ccccc21. The van der Waals surface area contributed by atoms with E-state index >= 15 is 0 Å². The first-order valence-electron chi connectivity index (χ1n) is 7.58. The summed E-state index contributed by atoms with van der Waals surface area (Å²) in [6.07, 6.45) is 1.64. The molecule has 0 atom stereocenters. The Morgan fingerprint density at radius 2 is 1.88 bits per heavy atom. The van der Waals surface area contributed by atoms with Crippen LogP contribution in [0.25, 0.3) is 22.6 Å². The number of aromatic hydroxyl groups is 1. The molecule has 0 saturated heterocycles. The Kier molecular flexibility index (Phi) is 3.20. The van der Waals surface area contributed by atoms with E-state index in [9.17, 15) is 9.90 Å². The van der Waals surface area contributed by atoms with Gasteiger partial charge in [0.25, 0.3) is 0 Å². The second-order valence-corrected chi connectivity index (χ2v) is 5.63. The summed E-state index contributed by atoms with van der Waals surface area (Å²) in [5, 5.41) is 9.86. The molecule has 0 amide bonds. The zero-order valence-electron chi connectivity index (χ0n) is 13.0. The van der Waals surface area contributed by atoms with Gasteiger partial charge in [-0.05, 0) is 30.3 Å². The molecule has 0 bridgehead atoms. The number of carbonyl (C=O) groups excluding carboxylic acids is 1. The minimum atomic E-state index is -0.227. The quantitative estimate of drug-likeness (QED) is 0.568. The van der Waals surface area contributed by atoms with Crippen LogP contribution in [0, 0.1) is 0 Å². The molecule has 2 aromatic heterocycles. The lowest BCUT2D eigenvalue weighted by Crippen LogP contribution is -1.99. The first-order chi connectivity index (χ1) is 11.6. The van der Waals surface area contributed by atoms with E-state index < -0.39 is 0 Å². The molecular weight excluding hydrogens is 302 g/mol. The average molecular weight is 317 g/mol. The van der Waals surface area contributed by atoms with Crippen LogP contribution in [-0.4, -0.2) is 25.4 Å². The normalized spacial score (nSPS) is 11.0. The number of aromatic nitrogens is 3. The highest BCUT2D eigenvalue weighted by atomic mass is 16.3. The van der Waals surface area contributed by atoms with Crippen LogP contribution >= 0.6 is 0 Å². The van der Waals surface area contributed by atoms with E-state index in [2.05, 4.69) is 9.97 Å². The van der Waals surface area contributed by atoms with Crippen LogP contribution in [0.2, 0.25) is 0 Å². The summed E-state index contributed by atoms with van der Waals surface area (Å²) in [6.45, 7) is 0. The maximum Gasteiger partial charge on any atom is 0.198 e. The fourth-order valence-electron chi connectivity index (χ4n) is 2.86. The van der Waals surface area contributed by atoms with Crippen LogP contribution in [0.3, 0.4) is 0 Å². The minimum absolute atomic E-state index is 0.0204. The number of imidazole rings is 1. The molecular formula is C19H15N3O2. The Balaban J connectivity index is 1.76. The van der Waals surface area contributed by atoms with E-state index in [4.69, 9.17) is 0 Å². The summed E-state index contributed by atoms with van der Waals surface area (Å²) in [5.41, 5.74) is 3.45. The van der Waals surface area contributed by atoms with Gasteiger partial charge in [-0.15, -0.1) is 0 Å². The second kappa shape index (κ2) is 5.38. The predicted octanol–water partition coefficient (Wildman–Crippen LogP) is 3.51. The van der Waals surface area contributed by atoms with E-state index in [0.29, 0.717) is 5.56 Å². The molecule has 2 N–H and O–H groups in total. The molecule has 4 rings (SSSR count). The summed E-state index contributed by atoms with van der Waals surface area (Å²) >= 11 is 0. The van der Waals surface area contributed by atoms with Crippen molar-refractivity contribution in [3.63, 3.8) is 0 Å². The van der Waals surface area contributed by atoms with Crippen LogP contribution in [0.1, 0.15) is 15.9 Å². The van der Waals surface area contributed by atoms with E-state index in [1.165, 1.54) is 6.07 Å². The van der Waals surface area contributed by atoms with E-state index in [-0.39, 0.29) is 17.1 Å². The number of nitrogens with one attached hydrogen (secondary N) is 1. The summed E-state index contributed by atoms with van der Waals surface area (Å²) in [6, 6.07) is 16.2. The summed E-state index contributed by atoms with van der Waals surface area (Å²) in [7, 11) is 1.94. The third kappa shape index (κ3) is 2.18. The smallest absolute Gasteiger partial charge is 0.198 e. The first-order valence-corrected chi connectivity index (χ1v) is 7.58. The van der Waals surface area contributed by atoms with Gasteiger partial charge in [-0.1, -0.05) is 24.3 Å². The molecule has 0 unspecified atom stereocenters. The van der Waals surface area contributed by atoms with Gasteiger partial charge in [0.1, 0.15) is 5.75 Å². The molecule has 24 heavy (non-hydrogen) atoms. The molecule has 0 fully saturated rings. The summed E-state index contributed by atoms with van der Waals surface area (Å²) in [4.78, 5) is 20.3. The highest BCUT2D eigenvalue weighted by Gasteiger charge is 2.17. The number of aryl methyl sites for hydroxylation is 1. The molecule has 0 spiro atoms. The van der Waals surface area contributed by atoms with Gasteiger partial charge in [0.05, 0.1) is 22.3 Å². The van der Waals surface area contributed by atoms with E-state index in [1.54, 1.807) is 30.5 Å². The number of aromatic amines is 1. The summed E-state index contributed by atoms with van der Waals surface area (Å²) < 4.78 is 1.98. The van der Waals surface area contributed by atoms with Crippen molar-refractivity contribution in [2.75, 3.05) is 0 Å². The van der Waals surface area contributed by atoms with Gasteiger partial charge < -0.3 is 14.7 Å². The number of carbonyl (C=O) groups is 1. The lowest BCUT2D eigenvalue weighted by Gasteiger charge is -2.01. The van der Waals surface area contributed by atoms with Crippen molar-refractivity contribution in [2.45, 2.75) is 0 Å². The molecule has 0 aliphatic rings. The van der Waals surface area contributed by atoms with E-state index in [1.807, 2.05) is 35.9 Å². The first kappa shape index (κ1) is 14.3. The van der Waals surface area contributed by atoms with Gasteiger partial charge in [0.2, 0.25) is 0 Å². The van der Waals surface area contributed by atoms with Crippen molar-refractivity contribution in [1.29, 1.82) is 0 Å². The monoisotopic (exact) mass is 317 g/mol. The van der Waals surface area contributed by atoms with Gasteiger partial charge in [0, 0.05) is 18.8 Å². The molecule has 0 aliphatic carbocycles. The number of fused-ring (bicyclic) bond motifs is 1. The number of H-pyrrole nitrogens is 1. The van der Waals surface area contributed by atoms with Crippen molar-refractivity contribution in [1.82, 2.24) is 14.5 Å². The molecule has 4 aromatic rings. The van der Waals surface area contributed by atoms with Crippen LogP contribution in [-0.2, 0) is 7.05 Å². The number of nitrogens with zero attached hydrogens (tertiary/aromatic N) is 2. The highest BCUT2D eigenvalue weighted by molar-refractivity contribution is 6.11. The van der Waals surface area contributed by atoms with Crippen molar-refractivity contribution < 1.29 is 9.90 Å². The van der Waals surface area contributed by atoms with Crippen LogP contribution in [0.4, 0.5) is 0 Å². The molecule has 0 aliphatic heterocycles. The largest absolute Gasteiger partial charge is 0.507 e. The molecule has 0 saturated carbocycles. The van der Waals surface area contributed by atoms with Crippen LogP contribution in [0.15, 0.2) is 60.8 Å². The van der Waals surface area contributed by atoms with Gasteiger partial charge in [-0.3, -0.25) is 4.79 Å². The third-order valence-electron chi connectivity index (χ3n) is 4.12. The topological polar surface area (TPSA) is 70.9 Å². The molecule has 2 aromatic carbocycles. The Bertz CT molecular complexity index is 1060. The Labute approximate surface area is 138 Å². The number of phenolic OH excluding ortho intramolecular Hbond substituents is 1. The number of hydrogen-bond donors (Lipinski definition) is 2. The van der Waals surface area contributed by atoms with Crippen LogP contribution < -0.4 is 0 Å². The maximum absolute atomic E-state index is 12.6. The van der Waals surface area contributed by atoms with Gasteiger partial charge >= 0.3 is 0 Å². The number of para-hydroxylation sites is 3. The van der Waals surface area contributed by atoms with Gasteiger partial charge in [0.15, 0.2) is 11.6 Å². The second-order valence-electron chi connectivity index (χ2n) is 5.63. The number of benzene rings is 2. The lowest BCUT2D eigenvalue weighted by molar-refractivity contribution is 0.103. The van der Waals surface area contributed by atoms with Crippen molar-refractivity contribution in [3.05, 3.63) is 71.9 Å². The number of rotatable bonds is 3. The zero-order valence-corrected chi connectivity index (χ0v) is 13.0. The van der Waals surface area contributed by atoms with Crippen molar-refractivity contribution in [3.8, 4) is 17.3 Å². The maximum atomic E-state index is 12.6. The number of phenols is 1. The molecule has 118 valence electrons. The molecule has 2 heterocycles. The Hall–Kier alpha value is -3.34. The Morgan fingerprint density at radius 1 is 1.12 bits per heavy atom. The zero-order chi connectivity index (χ0) is 16.7. The highest BCUT2D eigenvalue weighted by Crippen LogP contribution is 2.25. The third-order valence-corrected chi connectivity index (χ3v) is 4.12. The van der Waals surface area contributed by atoms with Crippen molar-refractivity contribution in [2.24, 2.45) is 7.05 Å².